The number of aromatic hydroxyl groups is 1. The minimum absolute atomic E-state index is 0.00282. The third kappa shape index (κ3) is 4.10. The number of nitro groups is 1. The van der Waals surface area contributed by atoms with Crippen molar-refractivity contribution in [2.24, 2.45) is 0 Å². The quantitative estimate of drug-likeness (QED) is 0.647. The summed E-state index contributed by atoms with van der Waals surface area (Å²) in [5.74, 6) is 0.213. The molecule has 2 rings (SSSR count). The lowest BCUT2D eigenvalue weighted by Crippen LogP contribution is -2.18. The second-order valence-corrected chi connectivity index (χ2v) is 5.27. The van der Waals surface area contributed by atoms with Crippen molar-refractivity contribution in [3.63, 3.8) is 0 Å². The van der Waals surface area contributed by atoms with Gasteiger partial charge in [0.25, 0.3) is 5.69 Å². The highest BCUT2D eigenvalue weighted by Gasteiger charge is 2.15. The SMILES string of the molecule is CC(Cc1ccc(O)cc1)Nc1cc(Cl)ccc1[N+](=O)[O-]. The van der Waals surface area contributed by atoms with E-state index in [2.05, 4.69) is 5.32 Å². The number of halogens is 1. The topological polar surface area (TPSA) is 75.4 Å². The van der Waals surface area contributed by atoms with Gasteiger partial charge in [0.2, 0.25) is 0 Å². The molecule has 0 aliphatic rings. The lowest BCUT2D eigenvalue weighted by Gasteiger charge is -2.15. The summed E-state index contributed by atoms with van der Waals surface area (Å²) >= 11 is 5.89. The number of nitro benzene ring substituents is 1. The summed E-state index contributed by atoms with van der Waals surface area (Å²) in [5.41, 5.74) is 1.42. The third-order valence-electron chi connectivity index (χ3n) is 3.04. The van der Waals surface area contributed by atoms with Crippen LogP contribution in [-0.2, 0) is 6.42 Å². The van der Waals surface area contributed by atoms with Gasteiger partial charge in [-0.25, -0.2) is 0 Å². The molecular weight excluding hydrogens is 292 g/mol. The van der Waals surface area contributed by atoms with Crippen LogP contribution in [0, 0.1) is 10.1 Å². The van der Waals surface area contributed by atoms with Crippen molar-refractivity contribution in [3.8, 4) is 5.75 Å². The van der Waals surface area contributed by atoms with Crippen LogP contribution in [0.2, 0.25) is 5.02 Å². The number of hydrogen-bond acceptors (Lipinski definition) is 4. The van der Waals surface area contributed by atoms with E-state index in [0.29, 0.717) is 17.1 Å². The van der Waals surface area contributed by atoms with E-state index < -0.39 is 4.92 Å². The van der Waals surface area contributed by atoms with Gasteiger partial charge in [0.05, 0.1) is 4.92 Å². The third-order valence-corrected chi connectivity index (χ3v) is 3.27. The molecule has 5 nitrogen and oxygen atoms in total. The number of nitrogens with zero attached hydrogens (tertiary/aromatic N) is 1. The van der Waals surface area contributed by atoms with Crippen molar-refractivity contribution < 1.29 is 10.0 Å². The molecule has 1 atom stereocenters. The van der Waals surface area contributed by atoms with E-state index in [9.17, 15) is 15.2 Å². The highest BCUT2D eigenvalue weighted by Crippen LogP contribution is 2.28. The predicted octanol–water partition coefficient (Wildman–Crippen LogP) is 4.00. The van der Waals surface area contributed by atoms with Crippen molar-refractivity contribution in [1.82, 2.24) is 0 Å². The number of hydrogen-bond donors (Lipinski definition) is 2. The maximum Gasteiger partial charge on any atom is 0.292 e. The molecule has 2 aromatic rings. The number of anilines is 1. The minimum Gasteiger partial charge on any atom is -0.508 e. The average molecular weight is 307 g/mol. The second kappa shape index (κ2) is 6.45. The molecule has 0 saturated carbocycles. The van der Waals surface area contributed by atoms with Crippen LogP contribution < -0.4 is 5.32 Å². The molecule has 2 aromatic carbocycles. The molecule has 110 valence electrons. The molecule has 6 heteroatoms. The van der Waals surface area contributed by atoms with E-state index in [1.165, 1.54) is 12.1 Å². The van der Waals surface area contributed by atoms with Gasteiger partial charge in [-0.15, -0.1) is 0 Å². The van der Waals surface area contributed by atoms with Crippen LogP contribution in [0.3, 0.4) is 0 Å². The maximum atomic E-state index is 11.0. The molecule has 0 heterocycles. The maximum absolute atomic E-state index is 11.0. The molecule has 0 bridgehead atoms. The number of rotatable bonds is 5. The molecule has 2 N–H and O–H groups in total. The Hall–Kier alpha value is -2.27. The fraction of sp³-hybridized carbons (Fsp3) is 0.200. The Morgan fingerprint density at radius 2 is 1.95 bits per heavy atom. The zero-order chi connectivity index (χ0) is 15.4. The Kier molecular flexibility index (Phi) is 4.65. The van der Waals surface area contributed by atoms with Crippen molar-refractivity contribution in [3.05, 3.63) is 63.2 Å². The van der Waals surface area contributed by atoms with Gasteiger partial charge < -0.3 is 10.4 Å². The summed E-state index contributed by atoms with van der Waals surface area (Å²) in [4.78, 5) is 10.6. The molecule has 0 saturated heterocycles. The first-order chi connectivity index (χ1) is 9.95. The van der Waals surface area contributed by atoms with E-state index in [1.54, 1.807) is 18.2 Å². The van der Waals surface area contributed by atoms with Crippen molar-refractivity contribution in [2.75, 3.05) is 5.32 Å². The highest BCUT2D eigenvalue weighted by molar-refractivity contribution is 6.31. The van der Waals surface area contributed by atoms with Gasteiger partial charge in [0.15, 0.2) is 0 Å². The van der Waals surface area contributed by atoms with E-state index in [-0.39, 0.29) is 17.5 Å². The highest BCUT2D eigenvalue weighted by atomic mass is 35.5. The average Bonchev–Trinajstić information content (AvgIpc) is 2.41. The largest absolute Gasteiger partial charge is 0.508 e. The van der Waals surface area contributed by atoms with E-state index in [4.69, 9.17) is 11.6 Å². The molecule has 0 amide bonds. The molecular formula is C15H15ClN2O3. The van der Waals surface area contributed by atoms with Crippen molar-refractivity contribution in [1.29, 1.82) is 0 Å². The fourth-order valence-electron chi connectivity index (χ4n) is 2.09. The Labute approximate surface area is 127 Å². The van der Waals surface area contributed by atoms with Gasteiger partial charge in [0, 0.05) is 17.1 Å². The predicted molar refractivity (Wildman–Crippen MR) is 83.0 cm³/mol. The number of nitrogens with one attached hydrogen (secondary N) is 1. The molecule has 0 aliphatic heterocycles. The van der Waals surface area contributed by atoms with Crippen LogP contribution in [-0.4, -0.2) is 16.1 Å². The van der Waals surface area contributed by atoms with E-state index in [0.717, 1.165) is 5.56 Å². The van der Waals surface area contributed by atoms with Gasteiger partial charge in [-0.3, -0.25) is 10.1 Å². The fourth-order valence-corrected chi connectivity index (χ4v) is 2.26. The second-order valence-electron chi connectivity index (χ2n) is 4.83. The lowest BCUT2D eigenvalue weighted by atomic mass is 10.1. The van der Waals surface area contributed by atoms with E-state index in [1.807, 2.05) is 19.1 Å². The van der Waals surface area contributed by atoms with Gasteiger partial charge >= 0.3 is 0 Å². The molecule has 21 heavy (non-hydrogen) atoms. The standard InChI is InChI=1S/C15H15ClN2O3/c1-10(8-11-2-5-13(19)6-3-11)17-14-9-12(16)4-7-15(14)18(20)21/h2-7,9-10,17,19H,8H2,1H3. The van der Waals surface area contributed by atoms with Crippen LogP contribution in [0.25, 0.3) is 0 Å². The number of benzene rings is 2. The van der Waals surface area contributed by atoms with Gasteiger partial charge in [-0.2, -0.15) is 0 Å². The minimum atomic E-state index is -0.439. The first kappa shape index (κ1) is 15.1. The van der Waals surface area contributed by atoms with Crippen LogP contribution in [0.1, 0.15) is 12.5 Å². The summed E-state index contributed by atoms with van der Waals surface area (Å²) < 4.78 is 0. The Balaban J connectivity index is 2.12. The zero-order valence-corrected chi connectivity index (χ0v) is 12.2. The van der Waals surface area contributed by atoms with Gasteiger partial charge in [-0.1, -0.05) is 23.7 Å². The zero-order valence-electron chi connectivity index (χ0n) is 11.4. The normalized spacial score (nSPS) is 11.9. The Morgan fingerprint density at radius 3 is 2.57 bits per heavy atom. The number of phenols is 1. The molecule has 0 aromatic heterocycles. The summed E-state index contributed by atoms with van der Waals surface area (Å²) in [6.07, 6.45) is 0.671. The van der Waals surface area contributed by atoms with Crippen LogP contribution in [0.4, 0.5) is 11.4 Å². The number of phenolic OH excluding ortho intramolecular Hbond substituents is 1. The first-order valence-electron chi connectivity index (χ1n) is 6.44. The lowest BCUT2D eigenvalue weighted by molar-refractivity contribution is -0.384. The molecule has 0 aliphatic carbocycles. The van der Waals surface area contributed by atoms with E-state index >= 15 is 0 Å². The van der Waals surface area contributed by atoms with Gasteiger partial charge in [-0.05, 0) is 43.2 Å². The summed E-state index contributed by atoms with van der Waals surface area (Å²) in [7, 11) is 0. The first-order valence-corrected chi connectivity index (χ1v) is 6.82. The van der Waals surface area contributed by atoms with Gasteiger partial charge in [0.1, 0.15) is 11.4 Å². The van der Waals surface area contributed by atoms with Crippen LogP contribution in [0.15, 0.2) is 42.5 Å². The molecule has 0 spiro atoms. The smallest absolute Gasteiger partial charge is 0.292 e. The van der Waals surface area contributed by atoms with Crippen LogP contribution >= 0.6 is 11.6 Å². The molecule has 0 radical (unpaired) electrons. The van der Waals surface area contributed by atoms with Crippen molar-refractivity contribution in [2.45, 2.75) is 19.4 Å². The monoisotopic (exact) mass is 306 g/mol. The Morgan fingerprint density at radius 1 is 1.29 bits per heavy atom. The molecule has 1 unspecified atom stereocenters. The Bertz CT molecular complexity index is 644. The summed E-state index contributed by atoms with van der Waals surface area (Å²) in [6, 6.07) is 11.3. The summed E-state index contributed by atoms with van der Waals surface area (Å²) in [5, 5.41) is 23.8. The molecule has 0 fully saturated rings. The van der Waals surface area contributed by atoms with Crippen LogP contribution in [0.5, 0.6) is 5.75 Å². The van der Waals surface area contributed by atoms with Crippen molar-refractivity contribution >= 4 is 23.0 Å². The summed E-state index contributed by atoms with van der Waals surface area (Å²) in [6.45, 7) is 1.93.